The number of nitrogens with one attached hydrogen (secondary N) is 2. The highest BCUT2D eigenvalue weighted by atomic mass is 16.7. The van der Waals surface area contributed by atoms with E-state index in [4.69, 9.17) is 15.2 Å². The first-order chi connectivity index (χ1) is 20.4. The second kappa shape index (κ2) is 12.6. The van der Waals surface area contributed by atoms with Gasteiger partial charge in [-0.15, -0.1) is 0 Å². The maximum Gasteiger partial charge on any atom is 0.255 e. The van der Waals surface area contributed by atoms with Gasteiger partial charge in [-0.05, 0) is 81.3 Å². The summed E-state index contributed by atoms with van der Waals surface area (Å²) in [5, 5.41) is 6.22. The van der Waals surface area contributed by atoms with Gasteiger partial charge in [-0.1, -0.05) is 12.8 Å². The molecule has 4 N–H and O–H groups in total. The van der Waals surface area contributed by atoms with Crippen LogP contribution in [0.4, 0.5) is 11.4 Å². The number of nitrogens with two attached hydrogens (primary N) is 1. The minimum atomic E-state index is -0.304. The average Bonchev–Trinajstić information content (AvgIpc) is 3.65. The van der Waals surface area contributed by atoms with Crippen LogP contribution in [0.3, 0.4) is 0 Å². The normalized spacial score (nSPS) is 22.5. The highest BCUT2D eigenvalue weighted by Gasteiger charge is 2.29. The number of fused-ring (bicyclic) bond motifs is 1. The third-order valence-corrected chi connectivity index (χ3v) is 9.10. The summed E-state index contributed by atoms with van der Waals surface area (Å²) in [4.78, 5) is 44.1. The van der Waals surface area contributed by atoms with Gasteiger partial charge >= 0.3 is 0 Å². The van der Waals surface area contributed by atoms with Gasteiger partial charge in [-0.25, -0.2) is 0 Å². The highest BCUT2D eigenvalue weighted by molar-refractivity contribution is 6.07. The zero-order chi connectivity index (χ0) is 29.1. The lowest BCUT2D eigenvalue weighted by molar-refractivity contribution is -0.135. The number of ether oxygens (including phenoxy) is 2. The lowest BCUT2D eigenvalue weighted by atomic mass is 9.91. The highest BCUT2D eigenvalue weighted by Crippen LogP contribution is 2.34. The summed E-state index contributed by atoms with van der Waals surface area (Å²) in [5.74, 6) is 1.11. The maximum absolute atomic E-state index is 13.4. The van der Waals surface area contributed by atoms with E-state index in [1.807, 2.05) is 17.0 Å². The van der Waals surface area contributed by atoms with Crippen LogP contribution >= 0.6 is 0 Å². The van der Waals surface area contributed by atoms with E-state index in [0.717, 1.165) is 76.6 Å². The van der Waals surface area contributed by atoms with Gasteiger partial charge in [0.15, 0.2) is 11.5 Å². The average molecular weight is 576 g/mol. The fourth-order valence-electron chi connectivity index (χ4n) is 6.63. The molecule has 1 saturated heterocycles. The van der Waals surface area contributed by atoms with Crippen LogP contribution < -0.4 is 30.7 Å². The zero-order valence-corrected chi connectivity index (χ0v) is 24.1. The summed E-state index contributed by atoms with van der Waals surface area (Å²) in [6.07, 6.45) is 8.61. The number of amides is 3. The quantitative estimate of drug-likeness (QED) is 0.477. The Morgan fingerprint density at radius 1 is 0.762 bits per heavy atom. The first-order valence-corrected chi connectivity index (χ1v) is 15.4. The lowest BCUT2D eigenvalue weighted by Gasteiger charge is -2.28. The summed E-state index contributed by atoms with van der Waals surface area (Å²) in [7, 11) is 0. The zero-order valence-electron chi connectivity index (χ0n) is 24.1. The van der Waals surface area contributed by atoms with Gasteiger partial charge in [0.1, 0.15) is 0 Å². The van der Waals surface area contributed by atoms with E-state index in [9.17, 15) is 14.4 Å². The molecule has 10 heteroatoms. The largest absolute Gasteiger partial charge is 0.454 e. The second-order valence-electron chi connectivity index (χ2n) is 12.0. The van der Waals surface area contributed by atoms with E-state index in [-0.39, 0.29) is 42.5 Å². The molecule has 2 aliphatic carbocycles. The van der Waals surface area contributed by atoms with E-state index in [1.165, 1.54) is 0 Å². The molecule has 0 radical (unpaired) electrons. The number of anilines is 2. The summed E-state index contributed by atoms with van der Waals surface area (Å²) in [6, 6.07) is 10.9. The number of rotatable bonds is 6. The van der Waals surface area contributed by atoms with E-state index >= 15 is 0 Å². The molecule has 4 aliphatic rings. The van der Waals surface area contributed by atoms with Crippen LogP contribution in [-0.2, 0) is 4.79 Å². The topological polar surface area (TPSA) is 126 Å². The van der Waals surface area contributed by atoms with Crippen molar-refractivity contribution >= 4 is 29.1 Å². The standard InChI is InChI=1S/C32H41N5O5/c33-24-8-10-25(11-9-24)34-30(38)22-6-12-27(36-14-3-15-37(17-16-36)32(40)21-4-1-2-5-21)26(18-22)35-31(39)23-7-13-28-29(19-23)42-20-41-28/h6-7,12-13,18-19,21,24-25H,1-5,8-11,14-17,20,33H2,(H,34,38)(H,35,39). The second-order valence-corrected chi connectivity index (χ2v) is 12.0. The van der Waals surface area contributed by atoms with Crippen LogP contribution in [0.5, 0.6) is 11.5 Å². The molecule has 224 valence electrons. The molecule has 2 heterocycles. The minimum absolute atomic E-state index is 0.0950. The summed E-state index contributed by atoms with van der Waals surface area (Å²) in [6.45, 7) is 2.89. The summed E-state index contributed by atoms with van der Waals surface area (Å²) >= 11 is 0. The van der Waals surface area contributed by atoms with Gasteiger partial charge in [-0.2, -0.15) is 0 Å². The first kappa shape index (κ1) is 28.3. The van der Waals surface area contributed by atoms with Crippen LogP contribution in [0.15, 0.2) is 36.4 Å². The SMILES string of the molecule is NC1CCC(NC(=O)c2ccc(N3CCCN(C(=O)C4CCCC4)CC3)c(NC(=O)c3ccc4c(c3)OCO4)c2)CC1. The predicted octanol–water partition coefficient (Wildman–Crippen LogP) is 3.90. The van der Waals surface area contributed by atoms with Crippen LogP contribution in [0, 0.1) is 5.92 Å². The van der Waals surface area contributed by atoms with Gasteiger partial charge < -0.3 is 35.6 Å². The number of hydrogen-bond donors (Lipinski definition) is 3. The van der Waals surface area contributed by atoms with Crippen molar-refractivity contribution in [1.29, 1.82) is 0 Å². The molecule has 2 aliphatic heterocycles. The number of carbonyl (C=O) groups is 3. The van der Waals surface area contributed by atoms with Gasteiger partial charge in [0.2, 0.25) is 12.7 Å². The van der Waals surface area contributed by atoms with Crippen molar-refractivity contribution in [2.75, 3.05) is 43.2 Å². The molecule has 3 amide bonds. The number of carbonyl (C=O) groups excluding carboxylic acids is 3. The third-order valence-electron chi connectivity index (χ3n) is 9.10. The molecule has 0 atom stereocenters. The van der Waals surface area contributed by atoms with Crippen molar-refractivity contribution in [3.8, 4) is 11.5 Å². The third kappa shape index (κ3) is 6.33. The fraction of sp³-hybridized carbons (Fsp3) is 0.531. The molecule has 10 nitrogen and oxygen atoms in total. The maximum atomic E-state index is 13.4. The molecule has 3 fully saturated rings. The fourth-order valence-corrected chi connectivity index (χ4v) is 6.63. The van der Waals surface area contributed by atoms with Crippen molar-refractivity contribution < 1.29 is 23.9 Å². The molecule has 0 unspecified atom stereocenters. The minimum Gasteiger partial charge on any atom is -0.454 e. The molecule has 2 aromatic rings. The van der Waals surface area contributed by atoms with Crippen molar-refractivity contribution in [3.05, 3.63) is 47.5 Å². The summed E-state index contributed by atoms with van der Waals surface area (Å²) in [5.41, 5.74) is 8.36. The Balaban J connectivity index is 1.22. The van der Waals surface area contributed by atoms with Crippen molar-refractivity contribution in [1.82, 2.24) is 10.2 Å². The van der Waals surface area contributed by atoms with Crippen molar-refractivity contribution in [3.63, 3.8) is 0 Å². The van der Waals surface area contributed by atoms with E-state index in [0.29, 0.717) is 41.4 Å². The Morgan fingerprint density at radius 3 is 2.31 bits per heavy atom. The van der Waals surface area contributed by atoms with Gasteiger partial charge in [-0.3, -0.25) is 14.4 Å². The molecule has 0 spiro atoms. The first-order valence-electron chi connectivity index (χ1n) is 15.4. The smallest absolute Gasteiger partial charge is 0.255 e. The molecular weight excluding hydrogens is 534 g/mol. The molecular formula is C32H41N5O5. The predicted molar refractivity (Wildman–Crippen MR) is 160 cm³/mol. The molecule has 42 heavy (non-hydrogen) atoms. The van der Waals surface area contributed by atoms with Gasteiger partial charge in [0.25, 0.3) is 11.8 Å². The monoisotopic (exact) mass is 575 g/mol. The van der Waals surface area contributed by atoms with Crippen LogP contribution in [-0.4, -0.2) is 67.7 Å². The Kier molecular flexibility index (Phi) is 8.51. The van der Waals surface area contributed by atoms with Crippen LogP contribution in [0.1, 0.15) is 78.5 Å². The van der Waals surface area contributed by atoms with Gasteiger partial charge in [0, 0.05) is 55.3 Å². The Labute approximate surface area is 246 Å². The number of benzene rings is 2. The van der Waals surface area contributed by atoms with Gasteiger partial charge in [0.05, 0.1) is 11.4 Å². The molecule has 2 saturated carbocycles. The molecule has 6 rings (SSSR count). The Bertz CT molecular complexity index is 1320. The summed E-state index contributed by atoms with van der Waals surface area (Å²) < 4.78 is 10.9. The van der Waals surface area contributed by atoms with E-state index in [1.54, 1.807) is 24.3 Å². The van der Waals surface area contributed by atoms with E-state index < -0.39 is 0 Å². The Hall–Kier alpha value is -3.79. The number of nitrogens with zero attached hydrogens (tertiary/aromatic N) is 2. The van der Waals surface area contributed by atoms with Crippen molar-refractivity contribution in [2.45, 2.75) is 69.9 Å². The number of hydrogen-bond acceptors (Lipinski definition) is 7. The molecule has 0 aromatic heterocycles. The molecule has 2 aromatic carbocycles. The molecule has 0 bridgehead atoms. The Morgan fingerprint density at radius 2 is 1.50 bits per heavy atom. The van der Waals surface area contributed by atoms with Crippen LogP contribution in [0.2, 0.25) is 0 Å². The lowest BCUT2D eigenvalue weighted by Crippen LogP contribution is -2.40. The van der Waals surface area contributed by atoms with Crippen molar-refractivity contribution in [2.24, 2.45) is 11.7 Å². The van der Waals surface area contributed by atoms with Crippen LogP contribution in [0.25, 0.3) is 0 Å². The van der Waals surface area contributed by atoms with E-state index in [2.05, 4.69) is 15.5 Å².